The predicted molar refractivity (Wildman–Crippen MR) is 91.2 cm³/mol. The summed E-state index contributed by atoms with van der Waals surface area (Å²) in [6.07, 6.45) is 1.67. The van der Waals surface area contributed by atoms with E-state index in [4.69, 9.17) is 4.74 Å². The van der Waals surface area contributed by atoms with E-state index in [1.165, 1.54) is 12.1 Å². The Labute approximate surface area is 144 Å². The van der Waals surface area contributed by atoms with E-state index in [9.17, 15) is 4.39 Å². The number of aryl methyl sites for hydroxylation is 1. The van der Waals surface area contributed by atoms with E-state index in [0.717, 1.165) is 23.6 Å². The van der Waals surface area contributed by atoms with Gasteiger partial charge in [0.15, 0.2) is 11.6 Å². The van der Waals surface area contributed by atoms with Crippen molar-refractivity contribution in [2.75, 3.05) is 24.6 Å². The minimum absolute atomic E-state index is 0.181. The van der Waals surface area contributed by atoms with Gasteiger partial charge in [0.25, 0.3) is 0 Å². The Morgan fingerprint density at radius 1 is 1.12 bits per heavy atom. The van der Waals surface area contributed by atoms with Crippen molar-refractivity contribution < 1.29 is 9.13 Å². The Morgan fingerprint density at radius 3 is 2.68 bits per heavy atom. The van der Waals surface area contributed by atoms with Crippen LogP contribution in [0.25, 0.3) is 5.82 Å². The summed E-state index contributed by atoms with van der Waals surface area (Å²) in [6.45, 7) is 3.82. The number of benzene rings is 1. The molecule has 1 atom stereocenters. The minimum atomic E-state index is -0.253. The zero-order valence-corrected chi connectivity index (χ0v) is 13.8. The second kappa shape index (κ2) is 6.60. The number of anilines is 1. The number of rotatable bonds is 3. The number of morpholine rings is 1. The van der Waals surface area contributed by atoms with Crippen molar-refractivity contribution in [2.45, 2.75) is 13.0 Å². The van der Waals surface area contributed by atoms with Crippen LogP contribution < -0.4 is 4.90 Å². The molecule has 7 heteroatoms. The molecule has 4 rings (SSSR count). The van der Waals surface area contributed by atoms with Crippen molar-refractivity contribution in [1.29, 1.82) is 0 Å². The van der Waals surface area contributed by atoms with E-state index in [1.54, 1.807) is 10.7 Å². The molecule has 1 aromatic carbocycles. The van der Waals surface area contributed by atoms with E-state index in [1.807, 2.05) is 37.4 Å². The Balaban J connectivity index is 1.51. The number of aromatic nitrogens is 4. The highest BCUT2D eigenvalue weighted by atomic mass is 19.1. The first-order valence-electron chi connectivity index (χ1n) is 8.17. The van der Waals surface area contributed by atoms with Gasteiger partial charge in [0.1, 0.15) is 11.9 Å². The van der Waals surface area contributed by atoms with Gasteiger partial charge in [-0.1, -0.05) is 12.1 Å². The highest BCUT2D eigenvalue weighted by Crippen LogP contribution is 2.25. The van der Waals surface area contributed by atoms with Crippen LogP contribution in [0.4, 0.5) is 10.2 Å². The van der Waals surface area contributed by atoms with Crippen molar-refractivity contribution in [1.82, 2.24) is 20.0 Å². The van der Waals surface area contributed by atoms with E-state index in [0.29, 0.717) is 19.0 Å². The Kier molecular flexibility index (Phi) is 4.15. The molecule has 0 unspecified atom stereocenters. The first kappa shape index (κ1) is 15.7. The summed E-state index contributed by atoms with van der Waals surface area (Å²) in [5.74, 6) is 1.20. The first-order chi connectivity index (χ1) is 12.2. The maximum atomic E-state index is 13.4. The summed E-state index contributed by atoms with van der Waals surface area (Å²) in [5.41, 5.74) is 1.76. The van der Waals surface area contributed by atoms with Crippen LogP contribution in [-0.2, 0) is 4.74 Å². The standard InChI is InChI=1S/C18H18FN5O/c1-13-7-8-24(22-13)18-6-5-17(20-21-18)23-9-10-25-16(12-23)14-3-2-4-15(19)11-14/h2-8,11,16H,9-10,12H2,1H3/t16-/m1/s1. The zero-order valence-electron chi connectivity index (χ0n) is 13.8. The fourth-order valence-corrected chi connectivity index (χ4v) is 2.92. The van der Waals surface area contributed by atoms with E-state index in [2.05, 4.69) is 20.2 Å². The summed E-state index contributed by atoms with van der Waals surface area (Å²) in [5, 5.41) is 12.9. The van der Waals surface area contributed by atoms with Gasteiger partial charge in [0.05, 0.1) is 12.3 Å². The summed E-state index contributed by atoms with van der Waals surface area (Å²) >= 11 is 0. The third kappa shape index (κ3) is 3.36. The van der Waals surface area contributed by atoms with Gasteiger partial charge in [-0.15, -0.1) is 10.2 Å². The molecule has 25 heavy (non-hydrogen) atoms. The molecular weight excluding hydrogens is 321 g/mol. The van der Waals surface area contributed by atoms with E-state index < -0.39 is 0 Å². The van der Waals surface area contributed by atoms with Crippen LogP contribution in [-0.4, -0.2) is 39.7 Å². The molecule has 3 aromatic rings. The van der Waals surface area contributed by atoms with Crippen LogP contribution >= 0.6 is 0 Å². The van der Waals surface area contributed by atoms with Gasteiger partial charge in [-0.2, -0.15) is 5.10 Å². The summed E-state index contributed by atoms with van der Waals surface area (Å²) < 4.78 is 20.9. The summed E-state index contributed by atoms with van der Waals surface area (Å²) in [4.78, 5) is 2.10. The lowest BCUT2D eigenvalue weighted by molar-refractivity contribution is 0.0393. The average molecular weight is 339 g/mol. The smallest absolute Gasteiger partial charge is 0.175 e. The summed E-state index contributed by atoms with van der Waals surface area (Å²) in [6, 6.07) is 12.3. The third-order valence-electron chi connectivity index (χ3n) is 4.20. The Morgan fingerprint density at radius 2 is 1.96 bits per heavy atom. The van der Waals surface area contributed by atoms with E-state index >= 15 is 0 Å². The fraction of sp³-hybridized carbons (Fsp3) is 0.278. The zero-order chi connectivity index (χ0) is 17.2. The molecule has 128 valence electrons. The van der Waals surface area contributed by atoms with Crippen molar-refractivity contribution in [3.8, 4) is 5.82 Å². The van der Waals surface area contributed by atoms with Crippen LogP contribution in [0.15, 0.2) is 48.7 Å². The van der Waals surface area contributed by atoms with Crippen molar-refractivity contribution in [2.24, 2.45) is 0 Å². The lowest BCUT2D eigenvalue weighted by atomic mass is 10.1. The van der Waals surface area contributed by atoms with Gasteiger partial charge in [0.2, 0.25) is 0 Å². The topological polar surface area (TPSA) is 56.1 Å². The van der Waals surface area contributed by atoms with Gasteiger partial charge >= 0.3 is 0 Å². The van der Waals surface area contributed by atoms with Crippen molar-refractivity contribution in [3.63, 3.8) is 0 Å². The first-order valence-corrected chi connectivity index (χ1v) is 8.17. The molecule has 0 amide bonds. The highest BCUT2D eigenvalue weighted by Gasteiger charge is 2.23. The highest BCUT2D eigenvalue weighted by molar-refractivity contribution is 5.41. The molecule has 1 aliphatic heterocycles. The number of halogens is 1. The third-order valence-corrected chi connectivity index (χ3v) is 4.20. The molecule has 0 saturated carbocycles. The largest absolute Gasteiger partial charge is 0.370 e. The minimum Gasteiger partial charge on any atom is -0.370 e. The molecule has 1 fully saturated rings. The normalized spacial score (nSPS) is 17.7. The Hall–Kier alpha value is -2.80. The number of hydrogen-bond acceptors (Lipinski definition) is 5. The average Bonchev–Trinajstić information content (AvgIpc) is 3.08. The molecule has 3 heterocycles. The molecule has 0 spiro atoms. The monoisotopic (exact) mass is 339 g/mol. The number of nitrogens with zero attached hydrogens (tertiary/aromatic N) is 5. The molecule has 0 radical (unpaired) electrons. The van der Waals surface area contributed by atoms with Gasteiger partial charge in [-0.3, -0.25) is 0 Å². The maximum absolute atomic E-state index is 13.4. The van der Waals surface area contributed by atoms with Gasteiger partial charge in [0, 0.05) is 19.3 Å². The molecule has 0 aliphatic carbocycles. The molecule has 2 aromatic heterocycles. The van der Waals surface area contributed by atoms with Crippen LogP contribution in [0.2, 0.25) is 0 Å². The summed E-state index contributed by atoms with van der Waals surface area (Å²) in [7, 11) is 0. The quantitative estimate of drug-likeness (QED) is 0.734. The molecule has 0 bridgehead atoms. The maximum Gasteiger partial charge on any atom is 0.175 e. The molecule has 1 saturated heterocycles. The second-order valence-electron chi connectivity index (χ2n) is 6.01. The SMILES string of the molecule is Cc1ccn(-c2ccc(N3CCO[C@@H](c4cccc(F)c4)C3)nn2)n1. The molecule has 6 nitrogen and oxygen atoms in total. The second-order valence-corrected chi connectivity index (χ2v) is 6.01. The van der Waals surface area contributed by atoms with E-state index in [-0.39, 0.29) is 11.9 Å². The predicted octanol–water partition coefficient (Wildman–Crippen LogP) is 2.69. The van der Waals surface area contributed by atoms with Crippen LogP contribution in [0.5, 0.6) is 0 Å². The van der Waals surface area contributed by atoms with Crippen LogP contribution in [0, 0.1) is 12.7 Å². The molecule has 0 N–H and O–H groups in total. The van der Waals surface area contributed by atoms with Crippen molar-refractivity contribution >= 4 is 5.82 Å². The number of ether oxygens (including phenoxy) is 1. The number of hydrogen-bond donors (Lipinski definition) is 0. The van der Waals surface area contributed by atoms with Gasteiger partial charge in [-0.05, 0) is 42.8 Å². The van der Waals surface area contributed by atoms with Gasteiger partial charge < -0.3 is 9.64 Å². The lowest BCUT2D eigenvalue weighted by Gasteiger charge is -2.33. The molecule has 1 aliphatic rings. The fourth-order valence-electron chi connectivity index (χ4n) is 2.92. The van der Waals surface area contributed by atoms with Crippen molar-refractivity contribution in [3.05, 3.63) is 65.7 Å². The Bertz CT molecular complexity index is 864. The van der Waals surface area contributed by atoms with Gasteiger partial charge in [-0.25, -0.2) is 9.07 Å². The van der Waals surface area contributed by atoms with Crippen LogP contribution in [0.3, 0.4) is 0 Å². The lowest BCUT2D eigenvalue weighted by Crippen LogP contribution is -2.39. The van der Waals surface area contributed by atoms with Crippen LogP contribution in [0.1, 0.15) is 17.4 Å². The molecular formula is C18H18FN5O.